The first-order chi connectivity index (χ1) is 8.58. The number of anilines is 1. The molecule has 0 radical (unpaired) electrons. The molecule has 0 aliphatic carbocycles. The monoisotopic (exact) mass is 328 g/mol. The molecule has 0 saturated carbocycles. The quantitative estimate of drug-likeness (QED) is 0.817. The topological polar surface area (TPSA) is 24.9 Å². The first-order valence-electron chi connectivity index (χ1n) is 5.40. The fourth-order valence-electron chi connectivity index (χ4n) is 1.59. The van der Waals surface area contributed by atoms with Gasteiger partial charge in [-0.05, 0) is 52.7 Å². The Labute approximate surface area is 118 Å². The summed E-state index contributed by atoms with van der Waals surface area (Å²) in [6.45, 7) is 1.95. The van der Waals surface area contributed by atoms with E-state index < -0.39 is 5.82 Å². The number of benzene rings is 1. The molecule has 1 aromatic carbocycles. The summed E-state index contributed by atoms with van der Waals surface area (Å²) >= 11 is 9.01. The van der Waals surface area contributed by atoms with E-state index in [-0.39, 0.29) is 11.1 Å². The van der Waals surface area contributed by atoms with Gasteiger partial charge in [0.15, 0.2) is 0 Å². The fraction of sp³-hybridized carbons (Fsp3) is 0.154. The average molecular weight is 330 g/mol. The lowest BCUT2D eigenvalue weighted by atomic mass is 10.1. The second kappa shape index (κ2) is 5.67. The highest BCUT2D eigenvalue weighted by atomic mass is 79.9. The number of nitrogens with one attached hydrogen (secondary N) is 1. The second-order valence-corrected chi connectivity index (χ2v) is 5.04. The van der Waals surface area contributed by atoms with Crippen LogP contribution in [0.15, 0.2) is 41.1 Å². The first kappa shape index (κ1) is 13.3. The van der Waals surface area contributed by atoms with Crippen LogP contribution in [0.4, 0.5) is 10.1 Å². The van der Waals surface area contributed by atoms with Gasteiger partial charge in [-0.3, -0.25) is 0 Å². The molecule has 2 nitrogen and oxygen atoms in total. The molecule has 1 aromatic heterocycles. The highest BCUT2D eigenvalue weighted by molar-refractivity contribution is 9.10. The van der Waals surface area contributed by atoms with Gasteiger partial charge in [-0.25, -0.2) is 9.37 Å². The summed E-state index contributed by atoms with van der Waals surface area (Å²) in [4.78, 5) is 4.12. The van der Waals surface area contributed by atoms with Crippen LogP contribution < -0.4 is 5.32 Å². The SMILES string of the molecule is CC(Nc1cccnc1Br)c1ccc(Cl)c(F)c1. The zero-order chi connectivity index (χ0) is 13.1. The lowest BCUT2D eigenvalue weighted by molar-refractivity contribution is 0.624. The molecule has 18 heavy (non-hydrogen) atoms. The zero-order valence-corrected chi connectivity index (χ0v) is 12.0. The van der Waals surface area contributed by atoms with E-state index in [1.54, 1.807) is 18.3 Å². The Morgan fingerprint density at radius 1 is 1.39 bits per heavy atom. The van der Waals surface area contributed by atoms with Crippen LogP contribution in [0, 0.1) is 5.82 Å². The van der Waals surface area contributed by atoms with Crippen molar-refractivity contribution in [3.8, 4) is 0 Å². The molecule has 0 aliphatic rings. The Morgan fingerprint density at radius 3 is 2.83 bits per heavy atom. The lowest BCUT2D eigenvalue weighted by Gasteiger charge is -2.16. The summed E-state index contributed by atoms with van der Waals surface area (Å²) < 4.78 is 14.1. The molecule has 1 heterocycles. The van der Waals surface area contributed by atoms with Gasteiger partial charge < -0.3 is 5.32 Å². The maximum atomic E-state index is 13.4. The van der Waals surface area contributed by atoms with E-state index in [2.05, 4.69) is 26.2 Å². The van der Waals surface area contributed by atoms with Crippen LogP contribution >= 0.6 is 27.5 Å². The number of pyridine rings is 1. The molecule has 1 unspecified atom stereocenters. The second-order valence-electron chi connectivity index (χ2n) is 3.88. The number of hydrogen-bond acceptors (Lipinski definition) is 2. The lowest BCUT2D eigenvalue weighted by Crippen LogP contribution is -2.07. The number of nitrogens with zero attached hydrogens (tertiary/aromatic N) is 1. The Balaban J connectivity index is 2.19. The maximum Gasteiger partial charge on any atom is 0.142 e. The molecule has 1 atom stereocenters. The largest absolute Gasteiger partial charge is 0.376 e. The zero-order valence-electron chi connectivity index (χ0n) is 9.62. The molecule has 1 N–H and O–H groups in total. The van der Waals surface area contributed by atoms with Crippen molar-refractivity contribution in [2.75, 3.05) is 5.32 Å². The normalized spacial score (nSPS) is 12.2. The third-order valence-corrected chi connectivity index (χ3v) is 3.51. The van der Waals surface area contributed by atoms with Gasteiger partial charge in [0.2, 0.25) is 0 Å². The number of halogens is 3. The number of hydrogen-bond donors (Lipinski definition) is 1. The Morgan fingerprint density at radius 2 is 2.17 bits per heavy atom. The van der Waals surface area contributed by atoms with E-state index in [0.717, 1.165) is 15.9 Å². The van der Waals surface area contributed by atoms with E-state index in [1.807, 2.05) is 19.1 Å². The van der Waals surface area contributed by atoms with Crippen molar-refractivity contribution in [2.45, 2.75) is 13.0 Å². The van der Waals surface area contributed by atoms with Crippen LogP contribution in [0.5, 0.6) is 0 Å². The van der Waals surface area contributed by atoms with Crippen LogP contribution in [-0.2, 0) is 0 Å². The number of aromatic nitrogens is 1. The molecular weight excluding hydrogens is 319 g/mol. The predicted molar refractivity (Wildman–Crippen MR) is 75.4 cm³/mol. The van der Waals surface area contributed by atoms with E-state index >= 15 is 0 Å². The van der Waals surface area contributed by atoms with Crippen molar-refractivity contribution in [1.82, 2.24) is 4.98 Å². The summed E-state index contributed by atoms with van der Waals surface area (Å²) in [6, 6.07) is 8.49. The van der Waals surface area contributed by atoms with Crippen molar-refractivity contribution in [3.05, 3.63) is 57.5 Å². The molecule has 2 aromatic rings. The van der Waals surface area contributed by atoms with E-state index in [0.29, 0.717) is 0 Å². The Hall–Kier alpha value is -1.13. The van der Waals surface area contributed by atoms with Crippen LogP contribution in [0.1, 0.15) is 18.5 Å². The van der Waals surface area contributed by atoms with Crippen molar-refractivity contribution in [1.29, 1.82) is 0 Å². The van der Waals surface area contributed by atoms with Gasteiger partial charge in [0.25, 0.3) is 0 Å². The minimum Gasteiger partial charge on any atom is -0.376 e. The van der Waals surface area contributed by atoms with Crippen LogP contribution in [-0.4, -0.2) is 4.98 Å². The smallest absolute Gasteiger partial charge is 0.142 e. The molecule has 0 amide bonds. The van der Waals surface area contributed by atoms with Gasteiger partial charge in [0.1, 0.15) is 10.4 Å². The third-order valence-electron chi connectivity index (χ3n) is 2.57. The Kier molecular flexibility index (Phi) is 4.19. The standard InChI is InChI=1S/C13H11BrClFN2/c1-8(9-4-5-10(15)11(16)7-9)18-12-3-2-6-17-13(12)14/h2-8,18H,1H3. The molecule has 5 heteroatoms. The first-order valence-corrected chi connectivity index (χ1v) is 6.57. The van der Waals surface area contributed by atoms with Gasteiger partial charge in [-0.15, -0.1) is 0 Å². The van der Waals surface area contributed by atoms with Gasteiger partial charge in [0, 0.05) is 12.2 Å². The van der Waals surface area contributed by atoms with Crippen molar-refractivity contribution >= 4 is 33.2 Å². The van der Waals surface area contributed by atoms with Crippen LogP contribution in [0.3, 0.4) is 0 Å². The Bertz CT molecular complexity index is 562. The van der Waals surface area contributed by atoms with E-state index in [1.165, 1.54) is 6.07 Å². The van der Waals surface area contributed by atoms with Crippen LogP contribution in [0.2, 0.25) is 5.02 Å². The van der Waals surface area contributed by atoms with Gasteiger partial charge >= 0.3 is 0 Å². The minimum absolute atomic E-state index is 0.0442. The average Bonchev–Trinajstić information content (AvgIpc) is 2.35. The van der Waals surface area contributed by atoms with Gasteiger partial charge in [-0.1, -0.05) is 17.7 Å². The molecule has 0 bridgehead atoms. The summed E-state index contributed by atoms with van der Waals surface area (Å²) in [5, 5.41) is 3.39. The molecule has 0 saturated heterocycles. The van der Waals surface area contributed by atoms with Crippen molar-refractivity contribution in [3.63, 3.8) is 0 Å². The van der Waals surface area contributed by atoms with E-state index in [4.69, 9.17) is 11.6 Å². The van der Waals surface area contributed by atoms with Gasteiger partial charge in [-0.2, -0.15) is 0 Å². The van der Waals surface area contributed by atoms with Crippen molar-refractivity contribution < 1.29 is 4.39 Å². The fourth-order valence-corrected chi connectivity index (χ4v) is 2.07. The highest BCUT2D eigenvalue weighted by Gasteiger charge is 2.10. The van der Waals surface area contributed by atoms with Gasteiger partial charge in [0.05, 0.1) is 10.7 Å². The maximum absolute atomic E-state index is 13.4. The molecule has 0 aliphatic heterocycles. The summed E-state index contributed by atoms with van der Waals surface area (Å²) in [6.07, 6.45) is 1.70. The number of rotatable bonds is 3. The molecule has 0 fully saturated rings. The summed E-state index contributed by atoms with van der Waals surface area (Å²) in [7, 11) is 0. The van der Waals surface area contributed by atoms with E-state index in [9.17, 15) is 4.39 Å². The third kappa shape index (κ3) is 3.00. The molecule has 0 spiro atoms. The molecule has 2 rings (SSSR count). The minimum atomic E-state index is -0.409. The summed E-state index contributed by atoms with van der Waals surface area (Å²) in [5.41, 5.74) is 1.69. The van der Waals surface area contributed by atoms with Crippen molar-refractivity contribution in [2.24, 2.45) is 0 Å². The molecule has 94 valence electrons. The van der Waals surface area contributed by atoms with Crippen LogP contribution in [0.25, 0.3) is 0 Å². The highest BCUT2D eigenvalue weighted by Crippen LogP contribution is 2.26. The predicted octanol–water partition coefficient (Wildman–Crippen LogP) is 4.81. The molecular formula is C13H11BrClFN2. The summed E-state index contributed by atoms with van der Waals surface area (Å²) in [5.74, 6) is -0.409.